The minimum absolute atomic E-state index is 0.563. The molecular formula is C18H22N8. The minimum Gasteiger partial charge on any atom is -0.353 e. The van der Waals surface area contributed by atoms with E-state index in [1.54, 1.807) is 12.5 Å². The molecule has 134 valence electrons. The number of aromatic nitrogens is 5. The van der Waals surface area contributed by atoms with E-state index < -0.39 is 0 Å². The zero-order chi connectivity index (χ0) is 17.9. The van der Waals surface area contributed by atoms with Crippen molar-refractivity contribution in [2.24, 2.45) is 13.0 Å². The molecule has 3 aromatic rings. The highest BCUT2D eigenvalue weighted by molar-refractivity contribution is 5.63. The first-order valence-electron chi connectivity index (χ1n) is 8.90. The summed E-state index contributed by atoms with van der Waals surface area (Å²) in [5, 5.41) is 20.8. The van der Waals surface area contributed by atoms with Crippen molar-refractivity contribution in [3.63, 3.8) is 0 Å². The maximum absolute atomic E-state index is 9.04. The van der Waals surface area contributed by atoms with E-state index in [0.29, 0.717) is 11.6 Å². The summed E-state index contributed by atoms with van der Waals surface area (Å²) < 4.78 is 3.77. The number of hydrogen-bond acceptors (Lipinski definition) is 6. The fraction of sp³-hybridized carbons (Fsp3) is 0.444. The van der Waals surface area contributed by atoms with Crippen molar-refractivity contribution < 1.29 is 0 Å². The Morgan fingerprint density at radius 2 is 2.35 bits per heavy atom. The summed E-state index contributed by atoms with van der Waals surface area (Å²) in [6.07, 6.45) is 9.74. The van der Waals surface area contributed by atoms with Gasteiger partial charge in [-0.15, -0.1) is 10.2 Å². The minimum atomic E-state index is 0.563. The number of piperidine rings is 1. The Kier molecular flexibility index (Phi) is 4.54. The van der Waals surface area contributed by atoms with E-state index in [2.05, 4.69) is 31.5 Å². The van der Waals surface area contributed by atoms with Crippen LogP contribution in [0.25, 0.3) is 5.65 Å². The van der Waals surface area contributed by atoms with Gasteiger partial charge in [0.2, 0.25) is 5.65 Å². The second kappa shape index (κ2) is 7.14. The number of anilines is 1. The van der Waals surface area contributed by atoms with Crippen LogP contribution in [-0.2, 0) is 13.6 Å². The van der Waals surface area contributed by atoms with Crippen molar-refractivity contribution in [2.75, 3.05) is 24.5 Å². The molecule has 3 aromatic heterocycles. The number of hydrogen-bond donors (Lipinski definition) is 1. The first kappa shape index (κ1) is 16.5. The van der Waals surface area contributed by atoms with Crippen LogP contribution in [-0.4, -0.2) is 43.8 Å². The predicted molar refractivity (Wildman–Crippen MR) is 97.6 cm³/mol. The zero-order valence-corrected chi connectivity index (χ0v) is 14.8. The molecule has 1 unspecified atom stereocenters. The second-order valence-corrected chi connectivity index (χ2v) is 6.85. The molecule has 0 radical (unpaired) electrons. The van der Waals surface area contributed by atoms with Gasteiger partial charge in [-0.05, 0) is 36.9 Å². The van der Waals surface area contributed by atoms with Gasteiger partial charge in [-0.25, -0.2) is 4.98 Å². The molecule has 0 bridgehead atoms. The fourth-order valence-electron chi connectivity index (χ4n) is 3.65. The molecule has 1 saturated heterocycles. The fourth-order valence-corrected chi connectivity index (χ4v) is 3.65. The van der Waals surface area contributed by atoms with Crippen LogP contribution < -0.4 is 10.2 Å². The lowest BCUT2D eigenvalue weighted by molar-refractivity contribution is 0.390. The van der Waals surface area contributed by atoms with Crippen LogP contribution in [0, 0.1) is 17.2 Å². The summed E-state index contributed by atoms with van der Waals surface area (Å²) >= 11 is 0. The Bertz CT molecular complexity index is 934. The topological polar surface area (TPSA) is 87.1 Å². The zero-order valence-electron chi connectivity index (χ0n) is 14.8. The molecule has 4 rings (SSSR count). The third-order valence-corrected chi connectivity index (χ3v) is 4.95. The van der Waals surface area contributed by atoms with Crippen molar-refractivity contribution in [3.05, 3.63) is 42.2 Å². The Morgan fingerprint density at radius 1 is 1.42 bits per heavy atom. The largest absolute Gasteiger partial charge is 0.353 e. The summed E-state index contributed by atoms with van der Waals surface area (Å²) in [6.45, 7) is 3.69. The van der Waals surface area contributed by atoms with Crippen LogP contribution in [0.3, 0.4) is 0 Å². The molecule has 1 fully saturated rings. The Labute approximate surface area is 152 Å². The van der Waals surface area contributed by atoms with E-state index in [4.69, 9.17) is 5.26 Å². The van der Waals surface area contributed by atoms with Gasteiger partial charge in [0.25, 0.3) is 0 Å². The van der Waals surface area contributed by atoms with E-state index in [1.807, 2.05) is 34.5 Å². The lowest BCUT2D eigenvalue weighted by atomic mass is 9.98. The van der Waals surface area contributed by atoms with E-state index in [9.17, 15) is 0 Å². The lowest BCUT2D eigenvalue weighted by Gasteiger charge is -2.33. The van der Waals surface area contributed by atoms with Gasteiger partial charge in [0.15, 0.2) is 5.82 Å². The maximum atomic E-state index is 9.04. The standard InChI is InChI=1S/C18H22N8/c1-24-11-15(7-16(24)8-19)10-20-9-14-3-2-5-25(12-14)17-18-23-22-13-26(18)6-4-21-17/h4,6-7,11,13-14,20H,2-3,5,9-10,12H2,1H3. The molecule has 0 spiro atoms. The van der Waals surface area contributed by atoms with E-state index in [1.165, 1.54) is 6.42 Å². The van der Waals surface area contributed by atoms with Crippen LogP contribution in [0.15, 0.2) is 31.0 Å². The van der Waals surface area contributed by atoms with Crippen molar-refractivity contribution in [1.82, 2.24) is 29.5 Å². The van der Waals surface area contributed by atoms with E-state index in [-0.39, 0.29) is 0 Å². The number of aryl methyl sites for hydroxylation is 1. The van der Waals surface area contributed by atoms with Gasteiger partial charge in [0, 0.05) is 45.3 Å². The summed E-state index contributed by atoms with van der Waals surface area (Å²) in [5.41, 5.74) is 2.65. The third-order valence-electron chi connectivity index (χ3n) is 4.95. The Morgan fingerprint density at radius 3 is 3.19 bits per heavy atom. The molecule has 1 N–H and O–H groups in total. The third kappa shape index (κ3) is 3.26. The predicted octanol–water partition coefficient (Wildman–Crippen LogP) is 1.34. The number of rotatable bonds is 5. The molecule has 1 aliphatic rings. The summed E-state index contributed by atoms with van der Waals surface area (Å²) in [4.78, 5) is 6.85. The normalized spacial score (nSPS) is 17.5. The number of nitriles is 1. The maximum Gasteiger partial charge on any atom is 0.203 e. The molecule has 8 heteroatoms. The average molecular weight is 350 g/mol. The van der Waals surface area contributed by atoms with Gasteiger partial charge in [-0.3, -0.25) is 4.40 Å². The number of nitrogens with one attached hydrogen (secondary N) is 1. The van der Waals surface area contributed by atoms with Gasteiger partial charge in [0.1, 0.15) is 18.1 Å². The van der Waals surface area contributed by atoms with Crippen LogP contribution in [0.1, 0.15) is 24.1 Å². The SMILES string of the molecule is Cn1cc(CNCC2CCCN(c3nccn4cnnc34)C2)cc1C#N. The molecule has 0 amide bonds. The molecule has 0 aliphatic carbocycles. The Balaban J connectivity index is 1.36. The molecule has 0 saturated carbocycles. The van der Waals surface area contributed by atoms with Crippen molar-refractivity contribution in [2.45, 2.75) is 19.4 Å². The highest BCUT2D eigenvalue weighted by Gasteiger charge is 2.23. The molecule has 26 heavy (non-hydrogen) atoms. The van der Waals surface area contributed by atoms with Gasteiger partial charge < -0.3 is 14.8 Å². The highest BCUT2D eigenvalue weighted by atomic mass is 15.3. The van der Waals surface area contributed by atoms with Gasteiger partial charge in [0.05, 0.1) is 0 Å². The highest BCUT2D eigenvalue weighted by Crippen LogP contribution is 2.23. The van der Waals surface area contributed by atoms with E-state index >= 15 is 0 Å². The van der Waals surface area contributed by atoms with Gasteiger partial charge >= 0.3 is 0 Å². The second-order valence-electron chi connectivity index (χ2n) is 6.85. The molecule has 8 nitrogen and oxygen atoms in total. The molecule has 1 atom stereocenters. The number of nitrogens with zero attached hydrogens (tertiary/aromatic N) is 7. The average Bonchev–Trinajstić information content (AvgIpc) is 3.28. The number of fused-ring (bicyclic) bond motifs is 1. The molecule has 4 heterocycles. The van der Waals surface area contributed by atoms with Crippen molar-refractivity contribution in [1.29, 1.82) is 5.26 Å². The van der Waals surface area contributed by atoms with Crippen molar-refractivity contribution in [3.8, 4) is 6.07 Å². The van der Waals surface area contributed by atoms with Crippen LogP contribution in [0.4, 0.5) is 5.82 Å². The first-order valence-corrected chi connectivity index (χ1v) is 8.90. The molecule has 0 aromatic carbocycles. The van der Waals surface area contributed by atoms with Crippen molar-refractivity contribution >= 4 is 11.5 Å². The monoisotopic (exact) mass is 350 g/mol. The van der Waals surface area contributed by atoms with Gasteiger partial charge in [-0.2, -0.15) is 5.26 Å². The quantitative estimate of drug-likeness (QED) is 0.747. The summed E-state index contributed by atoms with van der Waals surface area (Å²) in [6, 6.07) is 4.14. The lowest BCUT2D eigenvalue weighted by Crippen LogP contribution is -2.40. The van der Waals surface area contributed by atoms with Gasteiger partial charge in [-0.1, -0.05) is 0 Å². The van der Waals surface area contributed by atoms with Crippen LogP contribution >= 0.6 is 0 Å². The molecule has 1 aliphatic heterocycles. The van der Waals surface area contributed by atoms with E-state index in [0.717, 1.165) is 49.6 Å². The Hall–Kier alpha value is -2.92. The summed E-state index contributed by atoms with van der Waals surface area (Å²) in [7, 11) is 1.90. The van der Waals surface area contributed by atoms with Crippen LogP contribution in [0.2, 0.25) is 0 Å². The smallest absolute Gasteiger partial charge is 0.203 e. The molecular weight excluding hydrogens is 328 g/mol. The van der Waals surface area contributed by atoms with Crippen LogP contribution in [0.5, 0.6) is 0 Å². The first-order chi connectivity index (χ1) is 12.7. The summed E-state index contributed by atoms with van der Waals surface area (Å²) in [5.74, 6) is 1.48.